The number of rotatable bonds is 7. The Morgan fingerprint density at radius 3 is 2.96 bits per heavy atom. The van der Waals surface area contributed by atoms with Crippen LogP contribution in [0.4, 0.5) is 0 Å². The number of hydrogen-bond donors (Lipinski definition) is 1. The van der Waals surface area contributed by atoms with Gasteiger partial charge in [0.05, 0.1) is 37.4 Å². The maximum atomic E-state index is 12.4. The SMILES string of the molecule is COCCNC(=O)C[C@@H]1C[C@H]2CN(C(=O)Cc3ccn(C)n3)C[C@H]2O1. The van der Waals surface area contributed by atoms with Crippen LogP contribution in [-0.4, -0.2) is 72.1 Å². The Bertz CT molecular complexity index is 604. The van der Waals surface area contributed by atoms with Crippen molar-refractivity contribution in [2.75, 3.05) is 33.4 Å². The summed E-state index contributed by atoms with van der Waals surface area (Å²) >= 11 is 0. The quantitative estimate of drug-likeness (QED) is 0.685. The number of amides is 2. The fourth-order valence-corrected chi connectivity index (χ4v) is 3.59. The highest BCUT2D eigenvalue weighted by Gasteiger charge is 2.43. The van der Waals surface area contributed by atoms with E-state index in [1.54, 1.807) is 11.8 Å². The van der Waals surface area contributed by atoms with Crippen LogP contribution in [0.25, 0.3) is 0 Å². The molecule has 2 fully saturated rings. The smallest absolute Gasteiger partial charge is 0.228 e. The third-order valence-corrected chi connectivity index (χ3v) is 4.81. The Morgan fingerprint density at radius 2 is 2.28 bits per heavy atom. The van der Waals surface area contributed by atoms with E-state index in [1.807, 2.05) is 24.2 Å². The highest BCUT2D eigenvalue weighted by molar-refractivity contribution is 5.79. The van der Waals surface area contributed by atoms with E-state index in [0.29, 0.717) is 45.0 Å². The summed E-state index contributed by atoms with van der Waals surface area (Å²) in [5.41, 5.74) is 0.788. The molecule has 1 aromatic heterocycles. The molecule has 3 rings (SSSR count). The molecule has 2 aliphatic heterocycles. The summed E-state index contributed by atoms with van der Waals surface area (Å²) in [6.07, 6.45) is 3.36. The van der Waals surface area contributed by atoms with E-state index in [0.717, 1.165) is 12.1 Å². The molecule has 8 heteroatoms. The van der Waals surface area contributed by atoms with E-state index in [2.05, 4.69) is 10.4 Å². The molecule has 0 aromatic carbocycles. The molecular weight excluding hydrogens is 324 g/mol. The standard InChI is InChI=1S/C17H26N4O4/c1-20-5-3-13(19-20)8-17(23)21-10-12-7-14(25-15(12)11-21)9-16(22)18-4-6-24-2/h3,5,12,14-15H,4,6-11H2,1-2H3,(H,18,22)/t12-,14-,15+/m0/s1. The molecule has 0 bridgehead atoms. The predicted molar refractivity (Wildman–Crippen MR) is 89.8 cm³/mol. The summed E-state index contributed by atoms with van der Waals surface area (Å²) < 4.78 is 12.6. The lowest BCUT2D eigenvalue weighted by atomic mass is 10.0. The van der Waals surface area contributed by atoms with Crippen LogP contribution in [0.2, 0.25) is 0 Å². The van der Waals surface area contributed by atoms with Crippen molar-refractivity contribution in [3.05, 3.63) is 18.0 Å². The van der Waals surface area contributed by atoms with Gasteiger partial charge in [-0.25, -0.2) is 0 Å². The molecule has 0 aliphatic carbocycles. The fourth-order valence-electron chi connectivity index (χ4n) is 3.59. The molecule has 138 valence electrons. The van der Waals surface area contributed by atoms with Gasteiger partial charge in [0.15, 0.2) is 0 Å². The lowest BCUT2D eigenvalue weighted by Crippen LogP contribution is -2.34. The van der Waals surface area contributed by atoms with E-state index in [-0.39, 0.29) is 24.0 Å². The minimum atomic E-state index is -0.0504. The number of carbonyl (C=O) groups excluding carboxylic acids is 2. The van der Waals surface area contributed by atoms with Crippen molar-refractivity contribution in [1.82, 2.24) is 20.0 Å². The summed E-state index contributed by atoms with van der Waals surface area (Å²) in [6.45, 7) is 2.34. The van der Waals surface area contributed by atoms with Crippen molar-refractivity contribution in [2.24, 2.45) is 13.0 Å². The molecular formula is C17H26N4O4. The summed E-state index contributed by atoms with van der Waals surface area (Å²) in [5, 5.41) is 7.07. The number of ether oxygens (including phenoxy) is 2. The van der Waals surface area contributed by atoms with Crippen molar-refractivity contribution >= 4 is 11.8 Å². The number of aromatic nitrogens is 2. The van der Waals surface area contributed by atoms with Gasteiger partial charge in [-0.1, -0.05) is 0 Å². The highest BCUT2D eigenvalue weighted by atomic mass is 16.5. The Labute approximate surface area is 147 Å². The molecule has 2 saturated heterocycles. The number of methoxy groups -OCH3 is 1. The van der Waals surface area contributed by atoms with Gasteiger partial charge in [0.1, 0.15) is 0 Å². The summed E-state index contributed by atoms with van der Waals surface area (Å²) in [6, 6.07) is 1.86. The van der Waals surface area contributed by atoms with Gasteiger partial charge in [-0.05, 0) is 12.5 Å². The highest BCUT2D eigenvalue weighted by Crippen LogP contribution is 2.34. The zero-order valence-electron chi connectivity index (χ0n) is 14.8. The predicted octanol–water partition coefficient (Wildman–Crippen LogP) is -0.269. The normalized spacial score (nSPS) is 25.2. The number of nitrogens with zero attached hydrogens (tertiary/aromatic N) is 3. The Morgan fingerprint density at radius 1 is 1.44 bits per heavy atom. The van der Waals surface area contributed by atoms with E-state index < -0.39 is 0 Å². The first kappa shape index (κ1) is 17.9. The number of nitrogens with one attached hydrogen (secondary N) is 1. The second kappa shape index (κ2) is 7.97. The molecule has 2 amide bonds. The molecule has 0 unspecified atom stereocenters. The molecule has 3 atom stereocenters. The summed E-state index contributed by atoms with van der Waals surface area (Å²) in [7, 11) is 3.45. The van der Waals surface area contributed by atoms with Crippen LogP contribution in [0.15, 0.2) is 12.3 Å². The first-order valence-electron chi connectivity index (χ1n) is 8.72. The Balaban J connectivity index is 1.41. The Hall–Kier alpha value is -1.93. The second-order valence-electron chi connectivity index (χ2n) is 6.80. The summed E-state index contributed by atoms with van der Waals surface area (Å²) in [4.78, 5) is 26.1. The number of aryl methyl sites for hydroxylation is 1. The molecule has 0 radical (unpaired) electrons. The lowest BCUT2D eigenvalue weighted by Gasteiger charge is -2.19. The average Bonchev–Trinajstić information content (AvgIpc) is 3.22. The van der Waals surface area contributed by atoms with Crippen molar-refractivity contribution < 1.29 is 19.1 Å². The number of likely N-dealkylation sites (tertiary alicyclic amines) is 1. The fraction of sp³-hybridized carbons (Fsp3) is 0.706. The molecule has 2 aliphatic rings. The third-order valence-electron chi connectivity index (χ3n) is 4.81. The van der Waals surface area contributed by atoms with Crippen LogP contribution < -0.4 is 5.32 Å². The summed E-state index contributed by atoms with van der Waals surface area (Å²) in [5.74, 6) is 0.403. The minimum absolute atomic E-state index is 0.00916. The number of carbonyl (C=O) groups is 2. The number of fused-ring (bicyclic) bond motifs is 1. The maximum Gasteiger partial charge on any atom is 0.228 e. The monoisotopic (exact) mass is 350 g/mol. The van der Waals surface area contributed by atoms with Gasteiger partial charge in [-0.3, -0.25) is 14.3 Å². The zero-order valence-corrected chi connectivity index (χ0v) is 14.8. The van der Waals surface area contributed by atoms with Crippen LogP contribution >= 0.6 is 0 Å². The van der Waals surface area contributed by atoms with Gasteiger partial charge in [0, 0.05) is 45.9 Å². The van der Waals surface area contributed by atoms with E-state index >= 15 is 0 Å². The van der Waals surface area contributed by atoms with Crippen LogP contribution in [0.3, 0.4) is 0 Å². The van der Waals surface area contributed by atoms with E-state index in [4.69, 9.17) is 9.47 Å². The first-order valence-corrected chi connectivity index (χ1v) is 8.72. The minimum Gasteiger partial charge on any atom is -0.383 e. The topological polar surface area (TPSA) is 85.7 Å². The molecule has 8 nitrogen and oxygen atoms in total. The molecule has 3 heterocycles. The zero-order chi connectivity index (χ0) is 17.8. The van der Waals surface area contributed by atoms with Crippen LogP contribution in [0.5, 0.6) is 0 Å². The van der Waals surface area contributed by atoms with Crippen LogP contribution in [0.1, 0.15) is 18.5 Å². The Kier molecular flexibility index (Phi) is 5.70. The first-order chi connectivity index (χ1) is 12.0. The van der Waals surface area contributed by atoms with Crippen molar-refractivity contribution in [2.45, 2.75) is 31.5 Å². The lowest BCUT2D eigenvalue weighted by molar-refractivity contribution is -0.131. The molecule has 0 spiro atoms. The largest absolute Gasteiger partial charge is 0.383 e. The van der Waals surface area contributed by atoms with Crippen molar-refractivity contribution in [3.8, 4) is 0 Å². The molecule has 0 saturated carbocycles. The van der Waals surface area contributed by atoms with Gasteiger partial charge >= 0.3 is 0 Å². The molecule has 1 N–H and O–H groups in total. The van der Waals surface area contributed by atoms with Crippen LogP contribution in [-0.2, 0) is 32.5 Å². The van der Waals surface area contributed by atoms with Crippen molar-refractivity contribution in [3.63, 3.8) is 0 Å². The second-order valence-corrected chi connectivity index (χ2v) is 6.80. The third kappa shape index (κ3) is 4.58. The van der Waals surface area contributed by atoms with Gasteiger partial charge in [-0.2, -0.15) is 5.10 Å². The van der Waals surface area contributed by atoms with Crippen molar-refractivity contribution in [1.29, 1.82) is 0 Å². The van der Waals surface area contributed by atoms with Gasteiger partial charge in [-0.15, -0.1) is 0 Å². The van der Waals surface area contributed by atoms with Gasteiger partial charge < -0.3 is 19.7 Å². The molecule has 1 aromatic rings. The molecule has 25 heavy (non-hydrogen) atoms. The van der Waals surface area contributed by atoms with Crippen LogP contribution in [0, 0.1) is 5.92 Å². The number of hydrogen-bond acceptors (Lipinski definition) is 5. The van der Waals surface area contributed by atoms with E-state index in [1.165, 1.54) is 0 Å². The maximum absolute atomic E-state index is 12.4. The van der Waals surface area contributed by atoms with E-state index in [9.17, 15) is 9.59 Å². The van der Waals surface area contributed by atoms with Gasteiger partial charge in [0.25, 0.3) is 0 Å². The van der Waals surface area contributed by atoms with Gasteiger partial charge in [0.2, 0.25) is 11.8 Å². The average molecular weight is 350 g/mol.